The summed E-state index contributed by atoms with van der Waals surface area (Å²) in [4.78, 5) is 74.3. The summed E-state index contributed by atoms with van der Waals surface area (Å²) in [6.07, 6.45) is 9.14. The third-order valence-corrected chi connectivity index (χ3v) is 14.3. The Morgan fingerprint density at radius 2 is 1.66 bits per heavy atom. The van der Waals surface area contributed by atoms with Gasteiger partial charge in [0, 0.05) is 31.2 Å². The van der Waals surface area contributed by atoms with Crippen molar-refractivity contribution < 1.29 is 33.4 Å². The van der Waals surface area contributed by atoms with Crippen molar-refractivity contribution in [3.05, 3.63) is 119 Å². The summed E-state index contributed by atoms with van der Waals surface area (Å²) in [6, 6.07) is 24.6. The average molecular weight is 949 g/mol. The van der Waals surface area contributed by atoms with Crippen molar-refractivity contribution in [2.24, 2.45) is 11.8 Å². The summed E-state index contributed by atoms with van der Waals surface area (Å²) in [6.45, 7) is 8.35. The number of aryl methyl sites for hydroxylation is 1. The fourth-order valence-electron chi connectivity index (χ4n) is 10.6. The second-order valence-electron chi connectivity index (χ2n) is 19.2. The highest BCUT2D eigenvalue weighted by atomic mass is 16.5. The van der Waals surface area contributed by atoms with Gasteiger partial charge >= 0.3 is 12.2 Å². The minimum absolute atomic E-state index is 0.0338. The Labute approximate surface area is 408 Å². The van der Waals surface area contributed by atoms with E-state index in [9.17, 15) is 19.2 Å². The Morgan fingerprint density at radius 1 is 0.886 bits per heavy atom. The number of rotatable bonds is 15. The number of carbonyl (C=O) groups excluding carboxylic acids is 4. The number of alkyl carbamates (subject to hydrolysis) is 2. The van der Waals surface area contributed by atoms with Gasteiger partial charge < -0.3 is 44.6 Å². The molecular formula is C55H64N8O7. The lowest BCUT2D eigenvalue weighted by molar-refractivity contribution is -0.137. The lowest BCUT2D eigenvalue weighted by atomic mass is 9.87. The molecule has 3 aliphatic rings. The molecule has 2 saturated heterocycles. The zero-order chi connectivity index (χ0) is 48.9. The molecule has 4 atom stereocenters. The summed E-state index contributed by atoms with van der Waals surface area (Å²) in [5, 5.41) is 7.76. The minimum Gasteiger partial charge on any atom is -0.453 e. The second kappa shape index (κ2) is 21.3. The van der Waals surface area contributed by atoms with Gasteiger partial charge in [-0.2, -0.15) is 0 Å². The normalized spacial score (nSPS) is 17.4. The van der Waals surface area contributed by atoms with Crippen LogP contribution in [-0.4, -0.2) is 99.8 Å². The molecule has 4 aromatic carbocycles. The van der Waals surface area contributed by atoms with E-state index in [1.165, 1.54) is 36.5 Å². The smallest absolute Gasteiger partial charge is 0.407 e. The zero-order valence-electron chi connectivity index (χ0n) is 40.8. The van der Waals surface area contributed by atoms with Crippen LogP contribution < -0.4 is 10.6 Å². The van der Waals surface area contributed by atoms with Crippen LogP contribution in [0.15, 0.2) is 85.1 Å². The molecule has 1 aliphatic carbocycles. The number of ether oxygens (including phenoxy) is 3. The van der Waals surface area contributed by atoms with Gasteiger partial charge in [-0.05, 0) is 120 Å². The maximum atomic E-state index is 14.5. The predicted octanol–water partition coefficient (Wildman–Crippen LogP) is 9.66. The molecule has 15 heteroatoms. The highest BCUT2D eigenvalue weighted by Gasteiger charge is 2.40. The molecule has 15 nitrogen and oxygen atoms in total. The number of benzene rings is 4. The number of H-pyrrole nitrogens is 2. The van der Waals surface area contributed by atoms with Crippen molar-refractivity contribution >= 4 is 57.5 Å². The molecule has 70 heavy (non-hydrogen) atoms. The summed E-state index contributed by atoms with van der Waals surface area (Å²) >= 11 is 0. The second-order valence-corrected chi connectivity index (χ2v) is 19.2. The number of allylic oxidation sites excluding steroid dienone is 1. The number of fused-ring (bicyclic) bond motifs is 4. The van der Waals surface area contributed by atoms with Crippen molar-refractivity contribution in [1.29, 1.82) is 0 Å². The molecule has 0 saturated carbocycles. The minimum atomic E-state index is -0.923. The van der Waals surface area contributed by atoms with Crippen LogP contribution in [0.2, 0.25) is 0 Å². The molecule has 2 aliphatic heterocycles. The molecule has 2 fully saturated rings. The van der Waals surface area contributed by atoms with Gasteiger partial charge in [0.2, 0.25) is 5.91 Å². The summed E-state index contributed by atoms with van der Waals surface area (Å²) in [7, 11) is 2.61. The largest absolute Gasteiger partial charge is 0.453 e. The van der Waals surface area contributed by atoms with Gasteiger partial charge in [0.05, 0.1) is 49.7 Å². The van der Waals surface area contributed by atoms with E-state index in [2.05, 4.69) is 96.0 Å². The van der Waals surface area contributed by atoms with E-state index in [-0.39, 0.29) is 36.4 Å². The monoisotopic (exact) mass is 948 g/mol. The molecule has 2 aromatic heterocycles. The third kappa shape index (κ3) is 10.3. The molecule has 1 unspecified atom stereocenters. The van der Waals surface area contributed by atoms with E-state index in [1.54, 1.807) is 0 Å². The maximum Gasteiger partial charge on any atom is 0.407 e. The number of likely N-dealkylation sites (tertiary alicyclic amines) is 1. The van der Waals surface area contributed by atoms with E-state index < -0.39 is 24.3 Å². The molecule has 366 valence electrons. The number of amides is 4. The number of aromatic nitrogens is 4. The highest BCUT2D eigenvalue weighted by molar-refractivity contribution is 6.05. The van der Waals surface area contributed by atoms with Crippen LogP contribution >= 0.6 is 0 Å². The first kappa shape index (κ1) is 48.0. The molecule has 0 radical (unpaired) electrons. The van der Waals surface area contributed by atoms with Gasteiger partial charge in [0.25, 0.3) is 5.91 Å². The molecular weight excluding hydrogens is 885 g/mol. The van der Waals surface area contributed by atoms with E-state index in [1.807, 2.05) is 46.3 Å². The van der Waals surface area contributed by atoms with Gasteiger partial charge in [-0.1, -0.05) is 87.5 Å². The summed E-state index contributed by atoms with van der Waals surface area (Å²) < 4.78 is 15.4. The Bertz CT molecular complexity index is 2880. The Hall–Kier alpha value is -7.00. The van der Waals surface area contributed by atoms with Crippen LogP contribution in [0.4, 0.5) is 9.59 Å². The van der Waals surface area contributed by atoms with Crippen molar-refractivity contribution in [2.75, 3.05) is 34.0 Å². The fraction of sp³-hybridized carbons (Fsp3) is 0.418. The number of hydrogen-bond donors (Lipinski definition) is 4. The molecule has 0 bridgehead atoms. The molecule has 4 heterocycles. The average Bonchev–Trinajstić information content (AvgIpc) is 4.19. The predicted molar refractivity (Wildman–Crippen MR) is 269 cm³/mol. The molecule has 4 amide bonds. The van der Waals surface area contributed by atoms with E-state index in [0.717, 1.165) is 77.4 Å². The van der Waals surface area contributed by atoms with Gasteiger partial charge in [-0.15, -0.1) is 0 Å². The maximum absolute atomic E-state index is 14.5. The van der Waals surface area contributed by atoms with E-state index in [4.69, 9.17) is 24.2 Å². The summed E-state index contributed by atoms with van der Waals surface area (Å²) in [5.41, 5.74) is 9.21. The van der Waals surface area contributed by atoms with Crippen LogP contribution in [0.25, 0.3) is 44.7 Å². The SMILES string of the molecule is CC[C@H](CC(C)C)N(Cc1ncc(-c2ccc3c(c2)CCC(c2ccc4c(ccc5[nH]c([C@@H]6CCCN6C(=O)[C@@H](NC(=O)OC)C6CCOCC6)nc54)c2)=C3)[nH]1)C(=O)C(NC(=O)OC)c1ccccc1. The van der Waals surface area contributed by atoms with Crippen molar-refractivity contribution in [3.8, 4) is 11.3 Å². The standard InChI is InChI=1S/C55H64N8O7/c1-6-42(27-33(2)3)63(53(65)48(60-54(66)68-4)34-11-8-7-9-12-34)32-47-56-31-45(57-47)41-17-16-37-28-36(14-15-38(37)30-41)39-18-20-43-40(29-39)19-21-44-50(43)59-51(58-44)46-13-10-24-62(46)52(64)49(61-55(67)69-5)35-22-25-70-26-23-35/h7-9,11-12,16-21,28-31,33,35,42,46,48-49H,6,10,13-15,22-27,32H2,1-5H3,(H,56,57)(H,58,59)(H,60,66)(H,61,67)/t42-,46+,48?,49+/m1/s1. The number of carbonyl (C=O) groups is 4. The Balaban J connectivity index is 0.918. The van der Waals surface area contributed by atoms with Gasteiger partial charge in [0.1, 0.15) is 23.7 Å². The molecule has 9 rings (SSSR count). The first-order chi connectivity index (χ1) is 34.0. The third-order valence-electron chi connectivity index (χ3n) is 14.3. The number of nitrogens with zero attached hydrogens (tertiary/aromatic N) is 4. The van der Waals surface area contributed by atoms with Crippen LogP contribution in [-0.2, 0) is 36.8 Å². The molecule has 0 spiro atoms. The van der Waals surface area contributed by atoms with E-state index >= 15 is 0 Å². The van der Waals surface area contributed by atoms with Crippen LogP contribution in [0.5, 0.6) is 0 Å². The van der Waals surface area contributed by atoms with Gasteiger partial charge in [-0.3, -0.25) is 9.59 Å². The van der Waals surface area contributed by atoms with Crippen molar-refractivity contribution in [1.82, 2.24) is 40.4 Å². The van der Waals surface area contributed by atoms with E-state index in [0.29, 0.717) is 49.9 Å². The highest BCUT2D eigenvalue weighted by Crippen LogP contribution is 2.38. The number of nitrogens with one attached hydrogen (secondary N) is 4. The number of aromatic amines is 2. The lowest BCUT2D eigenvalue weighted by Crippen LogP contribution is -2.53. The topological polar surface area (TPSA) is 184 Å². The lowest BCUT2D eigenvalue weighted by Gasteiger charge is -2.34. The molecule has 6 aromatic rings. The van der Waals surface area contributed by atoms with Gasteiger partial charge in [0.15, 0.2) is 0 Å². The van der Waals surface area contributed by atoms with Crippen molar-refractivity contribution in [3.63, 3.8) is 0 Å². The first-order valence-electron chi connectivity index (χ1n) is 24.7. The van der Waals surface area contributed by atoms with Gasteiger partial charge in [-0.25, -0.2) is 19.6 Å². The molecule has 4 N–H and O–H groups in total. The summed E-state index contributed by atoms with van der Waals surface area (Å²) in [5.74, 6) is 1.40. The van der Waals surface area contributed by atoms with Crippen molar-refractivity contribution in [2.45, 2.75) is 103 Å². The first-order valence-corrected chi connectivity index (χ1v) is 24.7. The van der Waals surface area contributed by atoms with Crippen LogP contribution in [0.3, 0.4) is 0 Å². The number of hydrogen-bond acceptors (Lipinski definition) is 9. The number of imidazole rings is 2. The quantitative estimate of drug-likeness (QED) is 0.0779. The van der Waals surface area contributed by atoms with Crippen LogP contribution in [0.1, 0.15) is 112 Å². The fourth-order valence-corrected chi connectivity index (χ4v) is 10.6. The zero-order valence-corrected chi connectivity index (χ0v) is 40.8. The Kier molecular flexibility index (Phi) is 14.6. The number of methoxy groups -OCH3 is 2. The van der Waals surface area contributed by atoms with Crippen LogP contribution in [0, 0.1) is 11.8 Å². The Morgan fingerprint density at radius 3 is 2.41 bits per heavy atom.